The molecule has 2 heterocycles. The summed E-state index contributed by atoms with van der Waals surface area (Å²) >= 11 is 0. The molecule has 11 atom stereocenters. The molecule has 11 unspecified atom stereocenters. The second kappa shape index (κ2) is 25.5. The van der Waals surface area contributed by atoms with E-state index in [0.29, 0.717) is 12.8 Å². The molecular formula is C35H67IN2O12. The van der Waals surface area contributed by atoms with Crippen LogP contribution in [0.15, 0.2) is 12.2 Å². The Labute approximate surface area is 315 Å². The highest BCUT2D eigenvalue weighted by Crippen LogP contribution is 2.30. The number of rotatable bonds is 24. The van der Waals surface area contributed by atoms with Crippen molar-refractivity contribution in [2.45, 2.75) is 158 Å². The van der Waals surface area contributed by atoms with Crippen molar-refractivity contribution < 1.29 is 87.9 Å². The van der Waals surface area contributed by atoms with Crippen molar-refractivity contribution in [3.05, 3.63) is 12.2 Å². The quantitative estimate of drug-likeness (QED) is 0.0220. The van der Waals surface area contributed by atoms with Crippen molar-refractivity contribution in [2.24, 2.45) is 0 Å². The Kier molecular flexibility index (Phi) is 24.2. The largest absolute Gasteiger partial charge is 1.00 e. The maximum atomic E-state index is 11.9. The molecule has 0 aliphatic carbocycles. The molecule has 50 heavy (non-hydrogen) atoms. The lowest BCUT2D eigenvalue weighted by Crippen LogP contribution is -3.00. The third-order valence-electron chi connectivity index (χ3n) is 9.11. The van der Waals surface area contributed by atoms with Crippen molar-refractivity contribution >= 4 is 5.91 Å². The number of quaternary nitrogens is 1. The second-order valence-corrected chi connectivity index (χ2v) is 14.6. The van der Waals surface area contributed by atoms with Crippen molar-refractivity contribution in [1.82, 2.24) is 5.32 Å². The Bertz CT molecular complexity index is 927. The van der Waals surface area contributed by atoms with E-state index in [4.69, 9.17) is 18.9 Å². The lowest BCUT2D eigenvalue weighted by Gasteiger charge is -2.46. The Morgan fingerprint density at radius 2 is 1.26 bits per heavy atom. The zero-order chi connectivity index (χ0) is 36.4. The highest BCUT2D eigenvalue weighted by Gasteiger charge is 2.51. The van der Waals surface area contributed by atoms with Crippen molar-refractivity contribution in [3.8, 4) is 0 Å². The van der Waals surface area contributed by atoms with Gasteiger partial charge in [-0.1, -0.05) is 50.7 Å². The summed E-state index contributed by atoms with van der Waals surface area (Å²) in [7, 11) is 6.35. The number of unbranched alkanes of at least 4 members (excludes halogenated alkanes) is 9. The number of ether oxygens (including phenoxy) is 4. The van der Waals surface area contributed by atoms with Gasteiger partial charge in [0.1, 0.15) is 48.8 Å². The first-order chi connectivity index (χ1) is 23.3. The van der Waals surface area contributed by atoms with E-state index in [-0.39, 0.29) is 36.0 Å². The molecule has 14 nitrogen and oxygen atoms in total. The number of amides is 1. The van der Waals surface area contributed by atoms with E-state index in [1.165, 1.54) is 6.42 Å². The van der Waals surface area contributed by atoms with E-state index in [2.05, 4.69) is 38.6 Å². The van der Waals surface area contributed by atoms with Gasteiger partial charge in [-0.25, -0.2) is 0 Å². The van der Waals surface area contributed by atoms with Crippen LogP contribution in [0.2, 0.25) is 0 Å². The summed E-state index contributed by atoms with van der Waals surface area (Å²) in [6, 6.07) is 0. The standard InChI is InChI=1S/C35H66N2O12.HI/c1-24(18-16-14-12-10-8-6-5-7-9-11-13-15-17-19-27(40)36-20-21-37(2,3)4)46-35-33(31(44)29(42)26(23-39)48-35)49-34-32(45)30(43)28(41)25(22-38)47-34;/h5-6,24-26,28-35,38-39,41-45H,7-23H2,1-4H3;1H/b6-5-;. The van der Waals surface area contributed by atoms with Gasteiger partial charge < -0.3 is 88.5 Å². The van der Waals surface area contributed by atoms with E-state index in [1.807, 2.05) is 6.92 Å². The van der Waals surface area contributed by atoms with Crippen LogP contribution in [0.25, 0.3) is 0 Å². The summed E-state index contributed by atoms with van der Waals surface area (Å²) in [5.41, 5.74) is 0. The van der Waals surface area contributed by atoms with Crippen molar-refractivity contribution in [1.29, 1.82) is 0 Å². The molecule has 0 aromatic rings. The van der Waals surface area contributed by atoms with Crippen molar-refractivity contribution in [3.63, 3.8) is 0 Å². The number of nitrogens with one attached hydrogen (secondary N) is 1. The average molecular weight is 835 g/mol. The minimum atomic E-state index is -1.71. The number of likely N-dealkylation sites (N-methyl/N-ethyl adjacent to an activating group) is 1. The number of hydrogen-bond donors (Lipinski definition) is 8. The van der Waals surface area contributed by atoms with Gasteiger partial charge in [0.25, 0.3) is 0 Å². The maximum absolute atomic E-state index is 11.9. The summed E-state index contributed by atoms with van der Waals surface area (Å²) in [6.07, 6.45) is 2.57. The second-order valence-electron chi connectivity index (χ2n) is 14.6. The fourth-order valence-electron chi connectivity index (χ4n) is 5.92. The summed E-state index contributed by atoms with van der Waals surface area (Å²) in [5.74, 6) is 0.156. The molecule has 8 N–H and O–H groups in total. The van der Waals surface area contributed by atoms with Crippen LogP contribution in [0.4, 0.5) is 0 Å². The Morgan fingerprint density at radius 1 is 0.740 bits per heavy atom. The van der Waals surface area contributed by atoms with Gasteiger partial charge in [0.05, 0.1) is 53.6 Å². The van der Waals surface area contributed by atoms with Crippen LogP contribution in [0.5, 0.6) is 0 Å². The number of halogens is 1. The highest BCUT2D eigenvalue weighted by molar-refractivity contribution is 5.75. The first kappa shape index (κ1) is 47.5. The minimum absolute atomic E-state index is 0. The van der Waals surface area contributed by atoms with Crippen LogP contribution in [-0.2, 0) is 23.7 Å². The number of carbonyl (C=O) groups excluding carboxylic acids is 1. The number of aliphatic hydroxyl groups excluding tert-OH is 7. The molecule has 2 aliphatic rings. The number of allylic oxidation sites excluding steroid dienone is 2. The predicted octanol–water partition coefficient (Wildman–Crippen LogP) is -2.53. The summed E-state index contributed by atoms with van der Waals surface area (Å²) in [4.78, 5) is 11.9. The predicted molar refractivity (Wildman–Crippen MR) is 182 cm³/mol. The van der Waals surface area contributed by atoms with Gasteiger partial charge in [-0.3, -0.25) is 4.79 Å². The van der Waals surface area contributed by atoms with Gasteiger partial charge in [-0.05, 0) is 45.4 Å². The zero-order valence-corrected chi connectivity index (χ0v) is 32.7. The van der Waals surface area contributed by atoms with Crippen LogP contribution < -0.4 is 29.3 Å². The highest BCUT2D eigenvalue weighted by atomic mass is 127. The monoisotopic (exact) mass is 834 g/mol. The smallest absolute Gasteiger partial charge is 0.220 e. The number of aliphatic hydroxyl groups is 7. The lowest BCUT2D eigenvalue weighted by atomic mass is 9.97. The van der Waals surface area contributed by atoms with E-state index >= 15 is 0 Å². The third-order valence-corrected chi connectivity index (χ3v) is 9.11. The molecule has 0 bridgehead atoms. The van der Waals surface area contributed by atoms with Gasteiger partial charge >= 0.3 is 0 Å². The maximum Gasteiger partial charge on any atom is 0.220 e. The molecule has 296 valence electrons. The molecule has 2 fully saturated rings. The van der Waals surface area contributed by atoms with E-state index in [0.717, 1.165) is 81.8 Å². The van der Waals surface area contributed by atoms with Gasteiger partial charge in [0.15, 0.2) is 12.6 Å². The molecule has 0 saturated carbocycles. The molecular weight excluding hydrogens is 767 g/mol. The third kappa shape index (κ3) is 17.5. The first-order valence-electron chi connectivity index (χ1n) is 18.2. The SMILES string of the molecule is CC(CCCCCC/C=C\CCCCCCCC(=O)NCC[N+](C)(C)C)OC1OC(CO)C(O)C(O)C1OC1OC(CO)C(O)C(O)C1O.[I-]. The van der Waals surface area contributed by atoms with Crippen LogP contribution >= 0.6 is 0 Å². The average Bonchev–Trinajstić information content (AvgIpc) is 3.05. The van der Waals surface area contributed by atoms with E-state index < -0.39 is 74.6 Å². The summed E-state index contributed by atoms with van der Waals surface area (Å²) in [6.45, 7) is 2.27. The Hall–Kier alpha value is -0.540. The number of hydrogen-bond acceptors (Lipinski definition) is 12. The molecule has 0 spiro atoms. The molecule has 1 amide bonds. The summed E-state index contributed by atoms with van der Waals surface area (Å²) in [5, 5.41) is 73.9. The van der Waals surface area contributed by atoms with E-state index in [9.17, 15) is 40.5 Å². The topological polar surface area (TPSA) is 208 Å². The molecule has 2 aliphatic heterocycles. The molecule has 0 aromatic heterocycles. The molecule has 2 rings (SSSR count). The van der Waals surface area contributed by atoms with Crippen LogP contribution in [-0.4, -0.2) is 161 Å². The normalized spacial score (nSPS) is 31.0. The molecule has 0 aromatic carbocycles. The number of nitrogens with zero attached hydrogens (tertiary/aromatic N) is 1. The number of carbonyl (C=O) groups is 1. The van der Waals surface area contributed by atoms with Gasteiger partial charge in [-0.15, -0.1) is 0 Å². The lowest BCUT2D eigenvalue weighted by molar-refractivity contribution is -0.869. The Morgan fingerprint density at radius 3 is 1.84 bits per heavy atom. The van der Waals surface area contributed by atoms with E-state index in [1.54, 1.807) is 0 Å². The van der Waals surface area contributed by atoms with Crippen LogP contribution in [0.3, 0.4) is 0 Å². The van der Waals surface area contributed by atoms with Crippen LogP contribution in [0.1, 0.15) is 90.4 Å². The minimum Gasteiger partial charge on any atom is -1.00 e. The molecule has 15 heteroatoms. The van der Waals surface area contributed by atoms with Gasteiger partial charge in [0.2, 0.25) is 5.91 Å². The zero-order valence-electron chi connectivity index (χ0n) is 30.5. The first-order valence-corrected chi connectivity index (χ1v) is 18.2. The van der Waals surface area contributed by atoms with Crippen LogP contribution in [0, 0.1) is 0 Å². The molecule has 0 radical (unpaired) electrons. The van der Waals surface area contributed by atoms with Gasteiger partial charge in [-0.2, -0.15) is 0 Å². The molecule has 2 saturated heterocycles. The van der Waals surface area contributed by atoms with Gasteiger partial charge in [0, 0.05) is 6.42 Å². The fraction of sp³-hybridized carbons (Fsp3) is 0.914. The Balaban J connectivity index is 0.0000125. The fourth-order valence-corrected chi connectivity index (χ4v) is 5.92. The van der Waals surface area contributed by atoms with Crippen molar-refractivity contribution in [2.75, 3.05) is 47.4 Å². The summed E-state index contributed by atoms with van der Waals surface area (Å²) < 4.78 is 23.7.